The fourth-order valence-corrected chi connectivity index (χ4v) is 2.77. The van der Waals surface area contributed by atoms with Gasteiger partial charge in [-0.05, 0) is 52.7 Å². The minimum absolute atomic E-state index is 0.191. The number of thiophene rings is 1. The van der Waals surface area contributed by atoms with Gasteiger partial charge >= 0.3 is 0 Å². The Bertz CT molecular complexity index is 721. The van der Waals surface area contributed by atoms with Crippen molar-refractivity contribution in [3.8, 4) is 5.69 Å². The second kappa shape index (κ2) is 6.55. The minimum atomic E-state index is -0.682. The van der Waals surface area contributed by atoms with Crippen LogP contribution in [0.4, 0.5) is 0 Å². The Morgan fingerprint density at radius 3 is 2.77 bits per heavy atom. The lowest BCUT2D eigenvalue weighted by molar-refractivity contribution is 0.0916. The molecule has 0 saturated heterocycles. The second-order valence-corrected chi connectivity index (χ2v) is 5.56. The van der Waals surface area contributed by atoms with Crippen molar-refractivity contribution < 1.29 is 9.90 Å². The van der Waals surface area contributed by atoms with Gasteiger partial charge in [0.1, 0.15) is 0 Å². The molecule has 0 fully saturated rings. The van der Waals surface area contributed by atoms with Crippen LogP contribution < -0.4 is 5.32 Å². The van der Waals surface area contributed by atoms with Crippen LogP contribution in [-0.2, 0) is 0 Å². The summed E-state index contributed by atoms with van der Waals surface area (Å²) in [6.07, 6.45) is 2.86. The zero-order valence-electron chi connectivity index (χ0n) is 11.7. The first kappa shape index (κ1) is 14.5. The van der Waals surface area contributed by atoms with Gasteiger partial charge in [0.2, 0.25) is 0 Å². The number of aliphatic hydroxyl groups is 1. The van der Waals surface area contributed by atoms with Crippen molar-refractivity contribution in [1.29, 1.82) is 0 Å². The molecule has 3 aromatic rings. The van der Waals surface area contributed by atoms with Crippen LogP contribution in [0.2, 0.25) is 0 Å². The van der Waals surface area contributed by atoms with Crippen LogP contribution in [0.5, 0.6) is 0 Å². The van der Waals surface area contributed by atoms with Crippen LogP contribution in [0.15, 0.2) is 59.6 Å². The van der Waals surface area contributed by atoms with E-state index in [2.05, 4.69) is 10.4 Å². The number of rotatable bonds is 5. The largest absolute Gasteiger partial charge is 0.387 e. The molecule has 2 aromatic heterocycles. The SMILES string of the molecule is O=C(NCC(O)c1ccsc1)c1ccc(-n2cccn2)cc1. The summed E-state index contributed by atoms with van der Waals surface area (Å²) < 4.78 is 1.72. The zero-order chi connectivity index (χ0) is 15.4. The second-order valence-electron chi connectivity index (χ2n) is 4.78. The molecule has 1 atom stereocenters. The molecule has 0 radical (unpaired) electrons. The van der Waals surface area contributed by atoms with Crippen LogP contribution in [0, 0.1) is 0 Å². The molecule has 0 aliphatic carbocycles. The number of aromatic nitrogens is 2. The molecule has 5 nitrogen and oxygen atoms in total. The van der Waals surface area contributed by atoms with Crippen LogP contribution >= 0.6 is 11.3 Å². The number of nitrogens with one attached hydrogen (secondary N) is 1. The molecule has 0 saturated carbocycles. The fraction of sp³-hybridized carbons (Fsp3) is 0.125. The molecule has 2 N–H and O–H groups in total. The quantitative estimate of drug-likeness (QED) is 0.760. The minimum Gasteiger partial charge on any atom is -0.387 e. The maximum absolute atomic E-state index is 12.1. The average Bonchev–Trinajstić information content (AvgIpc) is 3.25. The molecule has 1 unspecified atom stereocenters. The maximum Gasteiger partial charge on any atom is 0.251 e. The van der Waals surface area contributed by atoms with Gasteiger partial charge in [0.15, 0.2) is 0 Å². The van der Waals surface area contributed by atoms with Crippen LogP contribution in [-0.4, -0.2) is 27.3 Å². The van der Waals surface area contributed by atoms with Gasteiger partial charge in [0, 0.05) is 24.5 Å². The molecule has 22 heavy (non-hydrogen) atoms. The molecule has 1 amide bonds. The number of benzene rings is 1. The van der Waals surface area contributed by atoms with Crippen molar-refractivity contribution in [3.63, 3.8) is 0 Å². The van der Waals surface area contributed by atoms with Gasteiger partial charge in [-0.3, -0.25) is 4.79 Å². The Morgan fingerprint density at radius 1 is 1.32 bits per heavy atom. The predicted molar refractivity (Wildman–Crippen MR) is 85.2 cm³/mol. The van der Waals surface area contributed by atoms with Crippen LogP contribution in [0.1, 0.15) is 22.0 Å². The van der Waals surface area contributed by atoms with Gasteiger partial charge in [-0.2, -0.15) is 16.4 Å². The summed E-state index contributed by atoms with van der Waals surface area (Å²) in [6, 6.07) is 10.8. The molecule has 0 spiro atoms. The van der Waals surface area contributed by atoms with E-state index in [1.54, 1.807) is 23.0 Å². The average molecular weight is 313 g/mol. The number of hydrogen-bond acceptors (Lipinski definition) is 4. The molecular weight excluding hydrogens is 298 g/mol. The summed E-state index contributed by atoms with van der Waals surface area (Å²) in [5.74, 6) is -0.207. The summed E-state index contributed by atoms with van der Waals surface area (Å²) >= 11 is 1.52. The first-order valence-electron chi connectivity index (χ1n) is 6.82. The zero-order valence-corrected chi connectivity index (χ0v) is 12.5. The molecule has 0 aliphatic rings. The van der Waals surface area contributed by atoms with E-state index < -0.39 is 6.10 Å². The standard InChI is InChI=1S/C16H15N3O2S/c20-15(13-6-9-22-11-13)10-17-16(21)12-2-4-14(5-3-12)19-8-1-7-18-19/h1-9,11,15,20H,10H2,(H,17,21). The first-order chi connectivity index (χ1) is 10.7. The van der Waals surface area contributed by atoms with E-state index >= 15 is 0 Å². The first-order valence-corrected chi connectivity index (χ1v) is 7.77. The smallest absolute Gasteiger partial charge is 0.251 e. The van der Waals surface area contributed by atoms with Gasteiger partial charge in [-0.1, -0.05) is 0 Å². The third kappa shape index (κ3) is 3.24. The molecule has 0 aliphatic heterocycles. The van der Waals surface area contributed by atoms with Gasteiger partial charge in [-0.25, -0.2) is 4.68 Å². The van der Waals surface area contributed by atoms with Crippen molar-refractivity contribution in [2.45, 2.75) is 6.10 Å². The number of nitrogens with zero attached hydrogens (tertiary/aromatic N) is 2. The number of carbonyl (C=O) groups is 1. The molecule has 0 bridgehead atoms. The van der Waals surface area contributed by atoms with Crippen molar-refractivity contribution >= 4 is 17.2 Å². The summed E-state index contributed by atoms with van der Waals surface area (Å²) in [6.45, 7) is 0.191. The van der Waals surface area contributed by atoms with Crippen LogP contribution in [0.3, 0.4) is 0 Å². The van der Waals surface area contributed by atoms with E-state index in [4.69, 9.17) is 0 Å². The summed E-state index contributed by atoms with van der Waals surface area (Å²) in [7, 11) is 0. The molecule has 112 valence electrons. The third-order valence-electron chi connectivity index (χ3n) is 3.28. The number of carbonyl (C=O) groups excluding carboxylic acids is 1. The molecule has 6 heteroatoms. The van der Waals surface area contributed by atoms with Crippen molar-refractivity contribution in [1.82, 2.24) is 15.1 Å². The highest BCUT2D eigenvalue weighted by atomic mass is 32.1. The monoisotopic (exact) mass is 313 g/mol. The van der Waals surface area contributed by atoms with Crippen molar-refractivity contribution in [3.05, 3.63) is 70.7 Å². The Morgan fingerprint density at radius 2 is 2.14 bits per heavy atom. The van der Waals surface area contributed by atoms with E-state index in [1.807, 2.05) is 41.2 Å². The van der Waals surface area contributed by atoms with Crippen molar-refractivity contribution in [2.75, 3.05) is 6.54 Å². The predicted octanol–water partition coefficient (Wildman–Crippen LogP) is 2.40. The summed E-state index contributed by atoms with van der Waals surface area (Å²) in [4.78, 5) is 12.1. The lowest BCUT2D eigenvalue weighted by Crippen LogP contribution is -2.28. The highest BCUT2D eigenvalue weighted by Crippen LogP contribution is 2.15. The molecule has 2 heterocycles. The molecule has 1 aromatic carbocycles. The van der Waals surface area contributed by atoms with Gasteiger partial charge in [0.05, 0.1) is 11.8 Å². The van der Waals surface area contributed by atoms with E-state index in [1.165, 1.54) is 11.3 Å². The number of amides is 1. The lowest BCUT2D eigenvalue weighted by atomic mass is 10.1. The van der Waals surface area contributed by atoms with Crippen LogP contribution in [0.25, 0.3) is 5.69 Å². The Balaban J connectivity index is 1.60. The third-order valence-corrected chi connectivity index (χ3v) is 3.98. The Labute approximate surface area is 131 Å². The Hall–Kier alpha value is -2.44. The molecule has 3 rings (SSSR count). The van der Waals surface area contributed by atoms with E-state index in [-0.39, 0.29) is 12.5 Å². The highest BCUT2D eigenvalue weighted by Gasteiger charge is 2.11. The summed E-state index contributed by atoms with van der Waals surface area (Å²) in [5, 5.41) is 20.6. The number of hydrogen-bond donors (Lipinski definition) is 2. The maximum atomic E-state index is 12.1. The van der Waals surface area contributed by atoms with Gasteiger partial charge in [0.25, 0.3) is 5.91 Å². The summed E-state index contributed by atoms with van der Waals surface area (Å²) in [5.41, 5.74) is 2.26. The highest BCUT2D eigenvalue weighted by molar-refractivity contribution is 7.07. The van der Waals surface area contributed by atoms with Gasteiger partial charge < -0.3 is 10.4 Å². The lowest BCUT2D eigenvalue weighted by Gasteiger charge is -2.11. The van der Waals surface area contributed by atoms with E-state index in [0.29, 0.717) is 5.56 Å². The van der Waals surface area contributed by atoms with Gasteiger partial charge in [-0.15, -0.1) is 0 Å². The van der Waals surface area contributed by atoms with Crippen molar-refractivity contribution in [2.24, 2.45) is 0 Å². The number of aliphatic hydroxyl groups excluding tert-OH is 1. The van der Waals surface area contributed by atoms with E-state index in [9.17, 15) is 9.90 Å². The topological polar surface area (TPSA) is 67.2 Å². The van der Waals surface area contributed by atoms with E-state index in [0.717, 1.165) is 11.3 Å². The molecular formula is C16H15N3O2S. The fourth-order valence-electron chi connectivity index (χ4n) is 2.06. The normalized spacial score (nSPS) is 12.0. The Kier molecular flexibility index (Phi) is 4.32.